The van der Waals surface area contributed by atoms with Gasteiger partial charge in [0.05, 0.1) is 0 Å². The third-order valence-electron chi connectivity index (χ3n) is 1.73. The highest BCUT2D eigenvalue weighted by Crippen LogP contribution is 2.14. The number of carboxylic acids is 2. The fraction of sp³-hybridized carbons (Fsp3) is 0.273. The maximum atomic E-state index is 9.10. The van der Waals surface area contributed by atoms with Gasteiger partial charge in [-0.25, -0.2) is 9.59 Å². The summed E-state index contributed by atoms with van der Waals surface area (Å²) >= 11 is 1.80. The molecule has 5 nitrogen and oxygen atoms in total. The molecule has 0 aliphatic rings. The van der Waals surface area contributed by atoms with Crippen LogP contribution in [0.4, 0.5) is 0 Å². The predicted molar refractivity (Wildman–Crippen MR) is 66.2 cm³/mol. The molecular weight excluding hydrogens is 242 g/mol. The molecule has 1 aromatic heterocycles. The quantitative estimate of drug-likeness (QED) is 0.432. The Labute approximate surface area is 103 Å². The summed E-state index contributed by atoms with van der Waals surface area (Å²) in [5, 5.41) is 20.2. The average molecular weight is 257 g/mol. The fourth-order valence-electron chi connectivity index (χ4n) is 0.873. The Morgan fingerprint density at radius 3 is 2.41 bits per heavy atom. The van der Waals surface area contributed by atoms with Gasteiger partial charge in [0.2, 0.25) is 0 Å². The van der Waals surface area contributed by atoms with Crippen LogP contribution in [0.3, 0.4) is 0 Å². The molecule has 0 fully saturated rings. The van der Waals surface area contributed by atoms with E-state index in [1.165, 1.54) is 10.4 Å². The summed E-state index contributed by atoms with van der Waals surface area (Å²) in [5.74, 6) is -3.65. The van der Waals surface area contributed by atoms with Crippen molar-refractivity contribution in [3.8, 4) is 0 Å². The third-order valence-corrected chi connectivity index (χ3v) is 2.75. The van der Waals surface area contributed by atoms with E-state index >= 15 is 0 Å². The van der Waals surface area contributed by atoms with Crippen LogP contribution in [0.2, 0.25) is 0 Å². The van der Waals surface area contributed by atoms with Gasteiger partial charge in [0.25, 0.3) is 0 Å². The van der Waals surface area contributed by atoms with Crippen LogP contribution < -0.4 is 5.32 Å². The van der Waals surface area contributed by atoms with Crippen LogP contribution in [0, 0.1) is 6.92 Å². The summed E-state index contributed by atoms with van der Waals surface area (Å²) in [6.07, 6.45) is 1.88. The van der Waals surface area contributed by atoms with Crippen molar-refractivity contribution < 1.29 is 19.8 Å². The van der Waals surface area contributed by atoms with Gasteiger partial charge in [-0.2, -0.15) is 0 Å². The zero-order chi connectivity index (χ0) is 13.3. The number of aryl methyl sites for hydroxylation is 1. The summed E-state index contributed by atoms with van der Waals surface area (Å²) in [7, 11) is 0. The smallest absolute Gasteiger partial charge is 0.414 e. The molecule has 0 radical (unpaired) electrons. The molecule has 0 atom stereocenters. The van der Waals surface area contributed by atoms with E-state index in [-0.39, 0.29) is 0 Å². The molecule has 0 spiro atoms. The van der Waals surface area contributed by atoms with E-state index in [2.05, 4.69) is 30.3 Å². The molecule has 17 heavy (non-hydrogen) atoms. The lowest BCUT2D eigenvalue weighted by atomic mass is 10.3. The van der Waals surface area contributed by atoms with Crippen molar-refractivity contribution in [2.75, 3.05) is 6.54 Å². The van der Waals surface area contributed by atoms with Crippen molar-refractivity contribution in [1.82, 2.24) is 5.32 Å². The summed E-state index contributed by atoms with van der Waals surface area (Å²) in [6, 6.07) is 2.15. The van der Waals surface area contributed by atoms with Crippen LogP contribution >= 0.6 is 11.3 Å². The molecule has 1 aromatic rings. The lowest BCUT2D eigenvalue weighted by molar-refractivity contribution is -0.159. The van der Waals surface area contributed by atoms with Gasteiger partial charge in [-0.15, -0.1) is 17.9 Å². The lowest BCUT2D eigenvalue weighted by Crippen LogP contribution is -2.11. The van der Waals surface area contributed by atoms with E-state index in [0.29, 0.717) is 0 Å². The molecule has 1 rings (SSSR count). The molecule has 0 saturated carbocycles. The van der Waals surface area contributed by atoms with Gasteiger partial charge in [0, 0.05) is 18.0 Å². The maximum absolute atomic E-state index is 9.10. The second-order valence-electron chi connectivity index (χ2n) is 3.06. The molecule has 0 saturated heterocycles. The van der Waals surface area contributed by atoms with E-state index in [0.717, 1.165) is 13.1 Å². The zero-order valence-corrected chi connectivity index (χ0v) is 10.3. The minimum Gasteiger partial charge on any atom is -0.473 e. The first-order valence-electron chi connectivity index (χ1n) is 4.79. The minimum atomic E-state index is -1.82. The van der Waals surface area contributed by atoms with Gasteiger partial charge in [-0.3, -0.25) is 0 Å². The normalized spacial score (nSPS) is 9.00. The van der Waals surface area contributed by atoms with Crippen LogP contribution in [0.15, 0.2) is 24.1 Å². The first-order chi connectivity index (χ1) is 7.99. The van der Waals surface area contributed by atoms with Crippen molar-refractivity contribution >= 4 is 23.3 Å². The Morgan fingerprint density at radius 1 is 1.47 bits per heavy atom. The van der Waals surface area contributed by atoms with E-state index in [1.54, 1.807) is 11.3 Å². The Balaban J connectivity index is 0.000000366. The van der Waals surface area contributed by atoms with Crippen LogP contribution in [0.25, 0.3) is 0 Å². The minimum absolute atomic E-state index is 0.886. The molecule has 0 amide bonds. The highest BCUT2D eigenvalue weighted by Gasteiger charge is 2.04. The number of hydrogen-bond donors (Lipinski definition) is 3. The summed E-state index contributed by atoms with van der Waals surface area (Å²) in [5.41, 5.74) is 1.38. The van der Waals surface area contributed by atoms with Gasteiger partial charge < -0.3 is 15.5 Å². The second-order valence-corrected chi connectivity index (χ2v) is 4.06. The number of rotatable bonds is 4. The molecule has 0 aliphatic heterocycles. The fourth-order valence-corrected chi connectivity index (χ4v) is 1.75. The number of carboxylic acid groups (broad SMARTS) is 2. The van der Waals surface area contributed by atoms with E-state index < -0.39 is 11.9 Å². The van der Waals surface area contributed by atoms with E-state index in [9.17, 15) is 0 Å². The molecule has 0 unspecified atom stereocenters. The number of thiophene rings is 1. The molecule has 6 heteroatoms. The highest BCUT2D eigenvalue weighted by atomic mass is 32.1. The zero-order valence-electron chi connectivity index (χ0n) is 9.47. The van der Waals surface area contributed by atoms with Crippen molar-refractivity contribution in [2.45, 2.75) is 13.5 Å². The molecule has 0 aliphatic carbocycles. The van der Waals surface area contributed by atoms with Crippen molar-refractivity contribution in [3.05, 3.63) is 34.5 Å². The lowest BCUT2D eigenvalue weighted by Gasteiger charge is -1.99. The van der Waals surface area contributed by atoms with Gasteiger partial charge in [0.1, 0.15) is 0 Å². The molecule has 94 valence electrons. The Kier molecular flexibility index (Phi) is 7.66. The number of carbonyl (C=O) groups is 2. The van der Waals surface area contributed by atoms with Crippen molar-refractivity contribution in [2.24, 2.45) is 0 Å². The van der Waals surface area contributed by atoms with Crippen LogP contribution in [0.5, 0.6) is 0 Å². The average Bonchev–Trinajstić information content (AvgIpc) is 2.66. The Bertz CT molecular complexity index is 375. The monoisotopic (exact) mass is 257 g/mol. The van der Waals surface area contributed by atoms with Crippen LogP contribution in [-0.4, -0.2) is 28.7 Å². The molecule has 0 bridgehead atoms. The van der Waals surface area contributed by atoms with E-state index in [4.69, 9.17) is 19.8 Å². The first kappa shape index (κ1) is 15.3. The topological polar surface area (TPSA) is 86.6 Å². The van der Waals surface area contributed by atoms with Crippen molar-refractivity contribution in [3.63, 3.8) is 0 Å². The number of hydrogen-bond acceptors (Lipinski definition) is 4. The molecule has 1 heterocycles. The highest BCUT2D eigenvalue weighted by molar-refractivity contribution is 7.10. The first-order valence-corrected chi connectivity index (χ1v) is 5.67. The summed E-state index contributed by atoms with van der Waals surface area (Å²) in [4.78, 5) is 19.6. The molecule has 0 aromatic carbocycles. The van der Waals surface area contributed by atoms with Gasteiger partial charge >= 0.3 is 11.9 Å². The van der Waals surface area contributed by atoms with Crippen LogP contribution in [-0.2, 0) is 16.1 Å². The summed E-state index contributed by atoms with van der Waals surface area (Å²) < 4.78 is 0. The number of aliphatic carboxylic acids is 2. The maximum Gasteiger partial charge on any atom is 0.414 e. The summed E-state index contributed by atoms with van der Waals surface area (Å²) in [6.45, 7) is 7.64. The SMILES string of the molecule is C=CCNCc1sccc1C.O=C(O)C(=O)O. The molecule has 3 N–H and O–H groups in total. The van der Waals surface area contributed by atoms with E-state index in [1.807, 2.05) is 6.08 Å². The van der Waals surface area contributed by atoms with Crippen molar-refractivity contribution in [1.29, 1.82) is 0 Å². The van der Waals surface area contributed by atoms with Crippen LogP contribution in [0.1, 0.15) is 10.4 Å². The van der Waals surface area contributed by atoms with Gasteiger partial charge in [-0.1, -0.05) is 6.08 Å². The Hall–Kier alpha value is -1.66. The van der Waals surface area contributed by atoms with Gasteiger partial charge in [0.15, 0.2) is 0 Å². The standard InChI is InChI=1S/C9H13NS.C2H2O4/c1-3-5-10-7-9-8(2)4-6-11-9;3-1(4)2(5)6/h3-4,6,10H,1,5,7H2,2H3;(H,3,4)(H,5,6). The number of nitrogens with one attached hydrogen (secondary N) is 1. The predicted octanol–water partition coefficient (Wildman–Crippen LogP) is 1.49. The molecular formula is C11H15NO4S. The van der Waals surface area contributed by atoms with Gasteiger partial charge in [-0.05, 0) is 23.9 Å². The Morgan fingerprint density at radius 2 is 2.06 bits per heavy atom. The third kappa shape index (κ3) is 7.26. The second kappa shape index (κ2) is 8.49. The largest absolute Gasteiger partial charge is 0.473 e.